The van der Waals surface area contributed by atoms with Crippen molar-refractivity contribution in [2.45, 2.75) is 57.4 Å². The van der Waals surface area contributed by atoms with Gasteiger partial charge in [-0.15, -0.1) is 12.4 Å². The van der Waals surface area contributed by atoms with Crippen LogP contribution in [0.25, 0.3) is 0 Å². The second kappa shape index (κ2) is 8.26. The highest BCUT2D eigenvalue weighted by atomic mass is 35.5. The molecule has 0 bridgehead atoms. The van der Waals surface area contributed by atoms with Crippen molar-refractivity contribution in [2.24, 2.45) is 11.3 Å². The summed E-state index contributed by atoms with van der Waals surface area (Å²) in [6, 6.07) is 7.15. The van der Waals surface area contributed by atoms with Crippen LogP contribution >= 0.6 is 12.4 Å². The van der Waals surface area contributed by atoms with E-state index in [9.17, 15) is 9.18 Å². The summed E-state index contributed by atoms with van der Waals surface area (Å²) in [7, 11) is 0. The van der Waals surface area contributed by atoms with Gasteiger partial charge >= 0.3 is 0 Å². The Labute approximate surface area is 162 Å². The zero-order valence-electron chi connectivity index (χ0n) is 15.4. The van der Waals surface area contributed by atoms with E-state index < -0.39 is 0 Å². The van der Waals surface area contributed by atoms with Gasteiger partial charge in [0.15, 0.2) is 0 Å². The summed E-state index contributed by atoms with van der Waals surface area (Å²) in [6.07, 6.45) is 9.00. The predicted octanol–water partition coefficient (Wildman–Crippen LogP) is 3.95. The third-order valence-corrected chi connectivity index (χ3v) is 6.69. The minimum atomic E-state index is -0.196. The number of nitrogens with one attached hydrogen (secondary N) is 1. The summed E-state index contributed by atoms with van der Waals surface area (Å²) in [6.45, 7) is 2.89. The van der Waals surface area contributed by atoms with Gasteiger partial charge in [-0.25, -0.2) is 4.39 Å². The normalized spacial score (nSPS) is 24.3. The van der Waals surface area contributed by atoms with Gasteiger partial charge in [0.25, 0.3) is 0 Å². The maximum atomic E-state index is 13.3. The maximum Gasteiger partial charge on any atom is 0.226 e. The molecule has 1 aromatic carbocycles. The summed E-state index contributed by atoms with van der Waals surface area (Å²) in [5.74, 6) is 0.456. The summed E-state index contributed by atoms with van der Waals surface area (Å²) in [5, 5.41) is 3.42. The molecule has 1 unspecified atom stereocenters. The highest BCUT2D eigenvalue weighted by Gasteiger charge is 2.58. The number of hydrogen-bond acceptors (Lipinski definition) is 2. The molecule has 1 spiro atoms. The van der Waals surface area contributed by atoms with Crippen LogP contribution in [-0.4, -0.2) is 36.5 Å². The van der Waals surface area contributed by atoms with E-state index in [4.69, 9.17) is 0 Å². The number of carbonyl (C=O) groups is 1. The number of halogens is 2. The fourth-order valence-electron chi connectivity index (χ4n) is 4.96. The lowest BCUT2D eigenvalue weighted by atomic mass is 9.91. The number of carbonyl (C=O) groups excluding carboxylic acids is 1. The quantitative estimate of drug-likeness (QED) is 0.838. The Balaban J connectivity index is 0.00000196. The molecular formula is C21H30ClFN2O. The molecule has 144 valence electrons. The van der Waals surface area contributed by atoms with Crippen LogP contribution in [0.1, 0.15) is 50.5 Å². The van der Waals surface area contributed by atoms with Crippen molar-refractivity contribution in [2.75, 3.05) is 19.6 Å². The average Bonchev–Trinajstić information content (AvgIpc) is 3.06. The molecule has 2 saturated carbocycles. The van der Waals surface area contributed by atoms with Crippen molar-refractivity contribution in [3.8, 4) is 0 Å². The Kier molecular flexibility index (Phi) is 6.24. The molecule has 5 heteroatoms. The molecule has 1 aromatic rings. The molecular weight excluding hydrogens is 351 g/mol. The second-order valence-corrected chi connectivity index (χ2v) is 8.22. The number of rotatable bonds is 5. The summed E-state index contributed by atoms with van der Waals surface area (Å²) < 4.78 is 13.1. The first kappa shape index (κ1) is 19.6. The van der Waals surface area contributed by atoms with Crippen LogP contribution in [0.3, 0.4) is 0 Å². The van der Waals surface area contributed by atoms with Crippen LogP contribution in [0, 0.1) is 17.2 Å². The van der Waals surface area contributed by atoms with Gasteiger partial charge in [0.2, 0.25) is 5.91 Å². The van der Waals surface area contributed by atoms with Crippen LogP contribution in [0.4, 0.5) is 4.39 Å². The SMILES string of the molecule is Cl.O=C(C1CC12CCNCC2)N(CCc1ccc(F)cc1)C1CCCC1. The summed E-state index contributed by atoms with van der Waals surface area (Å²) in [5.41, 5.74) is 1.42. The smallest absolute Gasteiger partial charge is 0.226 e. The predicted molar refractivity (Wildman–Crippen MR) is 104 cm³/mol. The molecule has 0 aromatic heterocycles. The summed E-state index contributed by atoms with van der Waals surface area (Å²) in [4.78, 5) is 15.5. The molecule has 3 nitrogen and oxygen atoms in total. The van der Waals surface area contributed by atoms with Gasteiger partial charge in [0.1, 0.15) is 5.82 Å². The third-order valence-electron chi connectivity index (χ3n) is 6.69. The molecule has 0 radical (unpaired) electrons. The van der Waals surface area contributed by atoms with Crippen LogP contribution in [0.5, 0.6) is 0 Å². The zero-order chi connectivity index (χ0) is 17.3. The van der Waals surface area contributed by atoms with E-state index in [0.29, 0.717) is 17.4 Å². The van der Waals surface area contributed by atoms with Crippen LogP contribution in [-0.2, 0) is 11.2 Å². The minimum Gasteiger partial charge on any atom is -0.339 e. The first-order valence-corrected chi connectivity index (χ1v) is 9.94. The lowest BCUT2D eigenvalue weighted by Crippen LogP contribution is -2.43. The number of nitrogens with zero attached hydrogens (tertiary/aromatic N) is 1. The molecule has 1 N–H and O–H groups in total. The molecule has 3 aliphatic rings. The lowest BCUT2D eigenvalue weighted by molar-refractivity contribution is -0.135. The fraction of sp³-hybridized carbons (Fsp3) is 0.667. The Bertz CT molecular complexity index is 609. The molecule has 1 heterocycles. The number of amides is 1. The lowest BCUT2D eigenvalue weighted by Gasteiger charge is -2.31. The topological polar surface area (TPSA) is 32.3 Å². The Morgan fingerprint density at radius 3 is 2.46 bits per heavy atom. The van der Waals surface area contributed by atoms with Crippen LogP contribution in [0.2, 0.25) is 0 Å². The monoisotopic (exact) mass is 380 g/mol. The van der Waals surface area contributed by atoms with Gasteiger partial charge in [-0.05, 0) is 74.7 Å². The van der Waals surface area contributed by atoms with E-state index in [-0.39, 0.29) is 24.1 Å². The summed E-state index contributed by atoms with van der Waals surface area (Å²) >= 11 is 0. The van der Waals surface area contributed by atoms with Crippen molar-refractivity contribution >= 4 is 18.3 Å². The van der Waals surface area contributed by atoms with Gasteiger partial charge in [0.05, 0.1) is 0 Å². The first-order valence-electron chi connectivity index (χ1n) is 9.94. The molecule has 1 amide bonds. The van der Waals surface area contributed by atoms with E-state index in [1.807, 2.05) is 12.1 Å². The largest absolute Gasteiger partial charge is 0.339 e. The van der Waals surface area contributed by atoms with Gasteiger partial charge in [0, 0.05) is 18.5 Å². The second-order valence-electron chi connectivity index (χ2n) is 8.22. The van der Waals surface area contributed by atoms with Crippen molar-refractivity contribution in [1.29, 1.82) is 0 Å². The van der Waals surface area contributed by atoms with E-state index in [1.165, 1.54) is 25.0 Å². The van der Waals surface area contributed by atoms with Crippen molar-refractivity contribution in [3.05, 3.63) is 35.6 Å². The van der Waals surface area contributed by atoms with Crippen LogP contribution < -0.4 is 5.32 Å². The third kappa shape index (κ3) is 4.07. The van der Waals surface area contributed by atoms with E-state index in [2.05, 4.69) is 10.2 Å². The van der Waals surface area contributed by atoms with E-state index >= 15 is 0 Å². The first-order chi connectivity index (χ1) is 12.2. The molecule has 3 fully saturated rings. The zero-order valence-corrected chi connectivity index (χ0v) is 16.2. The highest BCUT2D eigenvalue weighted by molar-refractivity contribution is 5.85. The Morgan fingerprint density at radius 2 is 1.81 bits per heavy atom. The molecule has 1 aliphatic heterocycles. The molecule has 1 saturated heterocycles. The Morgan fingerprint density at radius 1 is 1.15 bits per heavy atom. The van der Waals surface area contributed by atoms with Gasteiger partial charge in [-0.2, -0.15) is 0 Å². The average molecular weight is 381 g/mol. The maximum absolute atomic E-state index is 13.3. The highest BCUT2D eigenvalue weighted by Crippen LogP contribution is 2.59. The van der Waals surface area contributed by atoms with Gasteiger partial charge in [-0.1, -0.05) is 25.0 Å². The van der Waals surface area contributed by atoms with Crippen molar-refractivity contribution in [1.82, 2.24) is 10.2 Å². The molecule has 26 heavy (non-hydrogen) atoms. The van der Waals surface area contributed by atoms with Crippen LogP contribution in [0.15, 0.2) is 24.3 Å². The van der Waals surface area contributed by atoms with E-state index in [1.54, 1.807) is 0 Å². The molecule has 2 aliphatic carbocycles. The van der Waals surface area contributed by atoms with E-state index in [0.717, 1.165) is 63.7 Å². The van der Waals surface area contributed by atoms with Crippen molar-refractivity contribution < 1.29 is 9.18 Å². The molecule has 4 rings (SSSR count). The standard InChI is InChI=1S/C21H29FN2O.ClH/c22-17-7-5-16(6-8-17)9-14-24(18-3-1-2-4-18)20(25)19-15-21(19)10-12-23-13-11-21;/h5-8,18-19,23H,1-4,9-15H2;1H. The minimum absolute atomic E-state index is 0. The van der Waals surface area contributed by atoms with Crippen molar-refractivity contribution in [3.63, 3.8) is 0 Å². The van der Waals surface area contributed by atoms with Gasteiger partial charge in [-0.3, -0.25) is 4.79 Å². The van der Waals surface area contributed by atoms with Gasteiger partial charge < -0.3 is 10.2 Å². The Hall–Kier alpha value is -1.13. The number of piperidine rings is 1. The number of hydrogen-bond donors (Lipinski definition) is 1. The fourth-order valence-corrected chi connectivity index (χ4v) is 4.96. The molecule has 1 atom stereocenters. The number of benzene rings is 1.